The van der Waals surface area contributed by atoms with Crippen LogP contribution in [0.15, 0.2) is 69.7 Å². The van der Waals surface area contributed by atoms with Crippen LogP contribution < -0.4 is 0 Å². The van der Waals surface area contributed by atoms with Crippen molar-refractivity contribution in [1.29, 1.82) is 0 Å². The van der Waals surface area contributed by atoms with Gasteiger partial charge in [-0.1, -0.05) is 55.8 Å². The molecule has 0 aliphatic carbocycles. The topological polar surface area (TPSA) is 90.1 Å². The molecule has 0 radical (unpaired) electrons. The second kappa shape index (κ2) is 11.3. The summed E-state index contributed by atoms with van der Waals surface area (Å²) >= 11 is 7.28. The number of aromatic nitrogens is 8. The quantitative estimate of drug-likeness (QED) is 0.211. The molecule has 0 spiro atoms. The van der Waals surface area contributed by atoms with Crippen LogP contribution in [0.2, 0.25) is 0 Å². The fraction of sp³-hybridized carbons (Fsp3) is 0.269. The lowest BCUT2D eigenvalue weighted by Crippen LogP contribution is -2.08. The summed E-state index contributed by atoms with van der Waals surface area (Å²) in [5.74, 6) is 2.55. The number of H-pyrrole nitrogens is 1. The molecule has 3 aromatic heterocycles. The number of tetrazole rings is 1. The molecule has 3 heterocycles. The minimum Gasteiger partial charge on any atom is -0.300 e. The number of benzene rings is 2. The molecule has 5 aromatic rings. The van der Waals surface area contributed by atoms with Gasteiger partial charge in [-0.2, -0.15) is 5.10 Å². The van der Waals surface area contributed by atoms with Crippen LogP contribution in [0.4, 0.5) is 0 Å². The molecule has 0 aliphatic heterocycles. The van der Waals surface area contributed by atoms with E-state index < -0.39 is 0 Å². The van der Waals surface area contributed by atoms with Crippen LogP contribution in [0.5, 0.6) is 0 Å². The number of hydrogen-bond donors (Lipinski definition) is 1. The predicted octanol–water partition coefficient (Wildman–Crippen LogP) is 5.95. The van der Waals surface area contributed by atoms with Gasteiger partial charge in [-0.05, 0) is 84.5 Å². The Labute approximate surface area is 226 Å². The number of aromatic amines is 1. The first-order valence-electron chi connectivity index (χ1n) is 12.0. The van der Waals surface area contributed by atoms with E-state index in [-0.39, 0.29) is 0 Å². The van der Waals surface area contributed by atoms with Gasteiger partial charge in [-0.15, -0.1) is 5.10 Å². The highest BCUT2D eigenvalue weighted by Crippen LogP contribution is 2.35. The Balaban J connectivity index is 1.36. The zero-order valence-corrected chi connectivity index (χ0v) is 23.1. The van der Waals surface area contributed by atoms with E-state index in [9.17, 15) is 0 Å². The highest BCUT2D eigenvalue weighted by atomic mass is 79.9. The average molecular weight is 610 g/mol. The van der Waals surface area contributed by atoms with Crippen molar-refractivity contribution in [2.45, 2.75) is 45.6 Å². The summed E-state index contributed by atoms with van der Waals surface area (Å²) in [4.78, 5) is 4.89. The molecule has 0 bridgehead atoms. The van der Waals surface area contributed by atoms with Gasteiger partial charge in [-0.25, -0.2) is 14.8 Å². The maximum Gasteiger partial charge on any atom is 0.197 e. The molecule has 184 valence electrons. The average Bonchev–Trinajstić information content (AvgIpc) is 3.62. The van der Waals surface area contributed by atoms with E-state index in [1.807, 2.05) is 12.1 Å². The van der Waals surface area contributed by atoms with Crippen molar-refractivity contribution in [3.05, 3.63) is 92.5 Å². The maximum atomic E-state index is 4.89. The van der Waals surface area contributed by atoms with Crippen molar-refractivity contribution in [3.63, 3.8) is 0 Å². The van der Waals surface area contributed by atoms with Gasteiger partial charge in [0.05, 0.1) is 11.1 Å². The van der Waals surface area contributed by atoms with Crippen molar-refractivity contribution in [3.8, 4) is 17.2 Å². The standard InChI is InChI=1S/C26H26Br2N8/c1-2-3-9-24-29-23(15-12-18-7-5-4-6-8-18)32-35(24)17-19-10-13-20(14-11-19)36-22(28)16-21(27)25(36)26-30-33-34-31-26/h4-8,10-11,13-14,16H,2-3,9,12,15,17H2,1H3,(H,30,31,33,34). The van der Waals surface area contributed by atoms with Crippen LogP contribution in [-0.2, 0) is 25.8 Å². The molecule has 10 heteroatoms. The second-order valence-corrected chi connectivity index (χ2v) is 10.3. The lowest BCUT2D eigenvalue weighted by Gasteiger charge is -2.11. The van der Waals surface area contributed by atoms with E-state index in [4.69, 9.17) is 10.1 Å². The van der Waals surface area contributed by atoms with Gasteiger partial charge in [0.2, 0.25) is 0 Å². The van der Waals surface area contributed by atoms with Crippen molar-refractivity contribution in [2.24, 2.45) is 0 Å². The van der Waals surface area contributed by atoms with Crippen LogP contribution in [-0.4, -0.2) is 40.0 Å². The molecule has 0 saturated heterocycles. The number of aryl methyl sites for hydroxylation is 3. The number of nitrogens with zero attached hydrogens (tertiary/aromatic N) is 7. The minimum atomic E-state index is 0.586. The molecule has 0 unspecified atom stereocenters. The van der Waals surface area contributed by atoms with Gasteiger partial charge in [0.15, 0.2) is 11.6 Å². The number of halogens is 2. The van der Waals surface area contributed by atoms with E-state index >= 15 is 0 Å². The molecule has 0 atom stereocenters. The Bertz CT molecular complexity index is 1410. The molecule has 0 aliphatic rings. The summed E-state index contributed by atoms with van der Waals surface area (Å²) in [6.07, 6.45) is 4.95. The third-order valence-electron chi connectivity index (χ3n) is 6.03. The van der Waals surface area contributed by atoms with Gasteiger partial charge in [-0.3, -0.25) is 4.57 Å². The molecule has 8 nitrogen and oxygen atoms in total. The molecule has 1 N–H and O–H groups in total. The van der Waals surface area contributed by atoms with Crippen LogP contribution in [0.1, 0.15) is 42.5 Å². The van der Waals surface area contributed by atoms with Crippen LogP contribution in [0.25, 0.3) is 17.2 Å². The number of unbranched alkanes of at least 4 members (excludes halogenated alkanes) is 1. The lowest BCUT2D eigenvalue weighted by molar-refractivity contribution is 0.613. The monoisotopic (exact) mass is 608 g/mol. The molecule has 0 saturated carbocycles. The highest BCUT2D eigenvalue weighted by molar-refractivity contribution is 9.11. The summed E-state index contributed by atoms with van der Waals surface area (Å²) in [5.41, 5.74) is 4.32. The smallest absolute Gasteiger partial charge is 0.197 e. The van der Waals surface area contributed by atoms with Crippen molar-refractivity contribution >= 4 is 31.9 Å². The van der Waals surface area contributed by atoms with E-state index in [2.05, 4.69) is 117 Å². The molecule has 0 amide bonds. The summed E-state index contributed by atoms with van der Waals surface area (Å²) in [7, 11) is 0. The van der Waals surface area contributed by atoms with Crippen molar-refractivity contribution in [2.75, 3.05) is 0 Å². The summed E-state index contributed by atoms with van der Waals surface area (Å²) < 4.78 is 5.91. The zero-order valence-electron chi connectivity index (χ0n) is 19.9. The normalized spacial score (nSPS) is 11.3. The summed E-state index contributed by atoms with van der Waals surface area (Å²) in [5, 5.41) is 19.3. The van der Waals surface area contributed by atoms with E-state index in [0.29, 0.717) is 12.4 Å². The maximum absolute atomic E-state index is 4.89. The number of hydrogen-bond acceptors (Lipinski definition) is 5. The van der Waals surface area contributed by atoms with Crippen LogP contribution in [0, 0.1) is 0 Å². The molecule has 2 aromatic carbocycles. The Kier molecular flexibility index (Phi) is 7.72. The number of rotatable bonds is 10. The first kappa shape index (κ1) is 24.6. The third-order valence-corrected chi connectivity index (χ3v) is 7.22. The van der Waals surface area contributed by atoms with Crippen molar-refractivity contribution < 1.29 is 0 Å². The third kappa shape index (κ3) is 5.49. The van der Waals surface area contributed by atoms with E-state index in [1.165, 1.54) is 11.1 Å². The van der Waals surface area contributed by atoms with Gasteiger partial charge in [0.1, 0.15) is 11.5 Å². The highest BCUT2D eigenvalue weighted by Gasteiger charge is 2.18. The molecule has 0 fully saturated rings. The lowest BCUT2D eigenvalue weighted by atomic mass is 10.1. The largest absolute Gasteiger partial charge is 0.300 e. The SMILES string of the molecule is CCCCc1nc(CCc2ccccc2)nn1Cc1ccc(-n2c(Br)cc(Br)c2-c2nnn[nH]2)cc1. The first-order valence-corrected chi connectivity index (χ1v) is 13.6. The molecule has 36 heavy (non-hydrogen) atoms. The molecular formula is C26H26Br2N8. The van der Waals surface area contributed by atoms with Gasteiger partial charge in [0.25, 0.3) is 0 Å². The fourth-order valence-corrected chi connectivity index (χ4v) is 5.68. The van der Waals surface area contributed by atoms with Crippen LogP contribution in [0.3, 0.4) is 0 Å². The Morgan fingerprint density at radius 2 is 1.72 bits per heavy atom. The Hall–Kier alpha value is -3.11. The number of nitrogens with one attached hydrogen (secondary N) is 1. The fourth-order valence-electron chi connectivity index (χ4n) is 4.18. The Morgan fingerprint density at radius 1 is 0.917 bits per heavy atom. The van der Waals surface area contributed by atoms with Gasteiger partial charge in [0, 0.05) is 23.0 Å². The van der Waals surface area contributed by atoms with Gasteiger partial charge < -0.3 is 0 Å². The molecule has 5 rings (SSSR count). The first-order chi connectivity index (χ1) is 17.6. The van der Waals surface area contributed by atoms with Crippen molar-refractivity contribution in [1.82, 2.24) is 40.0 Å². The summed E-state index contributed by atoms with van der Waals surface area (Å²) in [6.45, 7) is 2.89. The second-order valence-electron chi connectivity index (χ2n) is 8.61. The van der Waals surface area contributed by atoms with Gasteiger partial charge >= 0.3 is 0 Å². The Morgan fingerprint density at radius 3 is 2.44 bits per heavy atom. The minimum absolute atomic E-state index is 0.586. The molecular weight excluding hydrogens is 584 g/mol. The zero-order chi connectivity index (χ0) is 24.9. The van der Waals surface area contributed by atoms with Crippen LogP contribution >= 0.6 is 31.9 Å². The predicted molar refractivity (Wildman–Crippen MR) is 146 cm³/mol. The van der Waals surface area contributed by atoms with E-state index in [0.717, 1.165) is 64.2 Å². The van der Waals surface area contributed by atoms with E-state index in [1.54, 1.807) is 0 Å². The summed E-state index contributed by atoms with van der Waals surface area (Å²) in [6, 6.07) is 21.0.